The average Bonchev–Trinajstić information content (AvgIpc) is 3.66. The summed E-state index contributed by atoms with van der Waals surface area (Å²) in [4.78, 5) is 7.14. The van der Waals surface area contributed by atoms with Gasteiger partial charge >= 0.3 is 0 Å². The summed E-state index contributed by atoms with van der Waals surface area (Å²) in [6.45, 7) is 0. The van der Waals surface area contributed by atoms with Crippen LogP contribution in [-0.4, -0.2) is 9.97 Å². The van der Waals surface area contributed by atoms with Crippen molar-refractivity contribution in [3.05, 3.63) is 145 Å². The number of H-pyrrole nitrogens is 2. The van der Waals surface area contributed by atoms with E-state index in [1.807, 2.05) is 60.7 Å². The Hall–Kier alpha value is -6.36. The summed E-state index contributed by atoms with van der Waals surface area (Å²) in [7, 11) is 0. The van der Waals surface area contributed by atoms with Gasteiger partial charge in [-0.15, -0.1) is 0 Å². The number of nitrogens with one attached hydrogen (secondary N) is 2. The summed E-state index contributed by atoms with van der Waals surface area (Å²) in [5.41, 5.74) is 10.8. The molecule has 4 nitrogen and oxygen atoms in total. The second-order valence-corrected chi connectivity index (χ2v) is 10.9. The number of para-hydroxylation sites is 4. The van der Waals surface area contributed by atoms with Crippen LogP contribution in [0, 0.1) is 22.7 Å². The molecule has 2 N–H and O–H groups in total. The fourth-order valence-corrected chi connectivity index (χ4v) is 6.39. The number of hydrogen-bond acceptors (Lipinski definition) is 2. The minimum atomic E-state index is 0.355. The van der Waals surface area contributed by atoms with Gasteiger partial charge in [-0.2, -0.15) is 10.5 Å². The number of allylic oxidation sites excluding steroid dienone is 2. The highest BCUT2D eigenvalue weighted by atomic mass is 14.7. The molecular formula is C40H24N4. The zero-order valence-corrected chi connectivity index (χ0v) is 23.6. The van der Waals surface area contributed by atoms with Crippen LogP contribution in [0.15, 0.2) is 133 Å². The summed E-state index contributed by atoms with van der Waals surface area (Å²) >= 11 is 0. The lowest BCUT2D eigenvalue weighted by molar-refractivity contribution is 1.49. The lowest BCUT2D eigenvalue weighted by Crippen LogP contribution is -1.91. The summed E-state index contributed by atoms with van der Waals surface area (Å²) in [6.07, 6.45) is 0. The first-order chi connectivity index (χ1) is 21.7. The van der Waals surface area contributed by atoms with E-state index in [0.29, 0.717) is 22.3 Å². The highest BCUT2D eigenvalue weighted by Crippen LogP contribution is 2.36. The predicted molar refractivity (Wildman–Crippen MR) is 181 cm³/mol. The Kier molecular flexibility index (Phi) is 5.86. The minimum absolute atomic E-state index is 0.355. The van der Waals surface area contributed by atoms with Crippen molar-refractivity contribution in [3.8, 4) is 34.4 Å². The normalized spacial score (nSPS) is 12.0. The highest BCUT2D eigenvalue weighted by molar-refractivity contribution is 6.13. The van der Waals surface area contributed by atoms with Crippen LogP contribution < -0.4 is 0 Å². The molecule has 0 saturated heterocycles. The first-order valence-electron chi connectivity index (χ1n) is 14.5. The van der Waals surface area contributed by atoms with Crippen molar-refractivity contribution in [2.75, 3.05) is 0 Å². The van der Waals surface area contributed by atoms with E-state index in [4.69, 9.17) is 0 Å². The van der Waals surface area contributed by atoms with Gasteiger partial charge in [-0.05, 0) is 34.4 Å². The molecule has 0 amide bonds. The first-order valence-corrected chi connectivity index (χ1v) is 14.5. The number of rotatable bonds is 4. The van der Waals surface area contributed by atoms with E-state index in [2.05, 4.69) is 94.9 Å². The minimum Gasteiger partial charge on any atom is -0.354 e. The third-order valence-corrected chi connectivity index (χ3v) is 8.53. The molecule has 0 bridgehead atoms. The molecule has 0 aliphatic rings. The second-order valence-electron chi connectivity index (χ2n) is 10.9. The molecule has 0 aliphatic heterocycles. The molecule has 8 rings (SSSR count). The predicted octanol–water partition coefficient (Wildman–Crippen LogP) is 10.2. The van der Waals surface area contributed by atoms with Gasteiger partial charge in [0, 0.05) is 43.7 Å². The molecule has 0 fully saturated rings. The van der Waals surface area contributed by atoms with Gasteiger partial charge in [0.05, 0.1) is 22.2 Å². The fourth-order valence-electron chi connectivity index (χ4n) is 6.39. The SMILES string of the molecule is N#CC(=C(C#N)c1ccc(-c2cccc3c2[nH]c2ccccc23)cc1)c1ccc(-c2cccc3c2[nH]c2ccccc23)cc1. The van der Waals surface area contributed by atoms with Crippen LogP contribution in [0.1, 0.15) is 11.1 Å². The summed E-state index contributed by atoms with van der Waals surface area (Å²) in [6, 6.07) is 49.6. The molecule has 6 aromatic carbocycles. The Morgan fingerprint density at radius 3 is 1.20 bits per heavy atom. The van der Waals surface area contributed by atoms with E-state index in [1.54, 1.807) is 0 Å². The van der Waals surface area contributed by atoms with Gasteiger partial charge in [0.15, 0.2) is 0 Å². The van der Waals surface area contributed by atoms with Crippen molar-refractivity contribution >= 4 is 54.8 Å². The maximum Gasteiger partial charge on any atom is 0.101 e. The zero-order valence-electron chi connectivity index (χ0n) is 23.6. The first kappa shape index (κ1) is 25.4. The van der Waals surface area contributed by atoms with E-state index in [1.165, 1.54) is 21.5 Å². The number of nitrogens with zero attached hydrogens (tertiary/aromatic N) is 2. The summed E-state index contributed by atoms with van der Waals surface area (Å²) in [5.74, 6) is 0. The quantitative estimate of drug-likeness (QED) is 0.166. The van der Waals surface area contributed by atoms with Gasteiger partial charge < -0.3 is 9.97 Å². The Balaban J connectivity index is 1.16. The maximum absolute atomic E-state index is 10.2. The van der Waals surface area contributed by atoms with Crippen molar-refractivity contribution in [2.45, 2.75) is 0 Å². The van der Waals surface area contributed by atoms with Gasteiger partial charge in [0.1, 0.15) is 12.1 Å². The maximum atomic E-state index is 10.2. The molecule has 0 radical (unpaired) electrons. The van der Waals surface area contributed by atoms with Crippen LogP contribution in [0.5, 0.6) is 0 Å². The Morgan fingerprint density at radius 1 is 0.409 bits per heavy atom. The van der Waals surface area contributed by atoms with Gasteiger partial charge in [-0.3, -0.25) is 0 Å². The van der Waals surface area contributed by atoms with E-state index in [9.17, 15) is 10.5 Å². The molecule has 44 heavy (non-hydrogen) atoms. The largest absolute Gasteiger partial charge is 0.354 e. The lowest BCUT2D eigenvalue weighted by Gasteiger charge is -2.09. The highest BCUT2D eigenvalue weighted by Gasteiger charge is 2.15. The average molecular weight is 561 g/mol. The smallest absolute Gasteiger partial charge is 0.101 e. The van der Waals surface area contributed by atoms with E-state index in [0.717, 1.165) is 44.3 Å². The van der Waals surface area contributed by atoms with Gasteiger partial charge in [0.25, 0.3) is 0 Å². The molecule has 0 spiro atoms. The van der Waals surface area contributed by atoms with E-state index in [-0.39, 0.29) is 0 Å². The van der Waals surface area contributed by atoms with Crippen molar-refractivity contribution in [1.82, 2.24) is 9.97 Å². The molecule has 204 valence electrons. The number of benzene rings is 6. The molecule has 0 saturated carbocycles. The Labute approximate surface area is 253 Å². The summed E-state index contributed by atoms with van der Waals surface area (Å²) in [5, 5.41) is 25.1. The van der Waals surface area contributed by atoms with Crippen LogP contribution in [0.3, 0.4) is 0 Å². The summed E-state index contributed by atoms with van der Waals surface area (Å²) < 4.78 is 0. The Bertz CT molecular complexity index is 2320. The second kappa shape index (κ2) is 10.2. The standard InChI is InChI=1S/C40H24N4/c41-23-35(27-19-15-25(16-20-27)29-9-5-11-33-31-7-1-3-13-37(31)43-39(29)33)36(24-42)28-21-17-26(18-22-28)30-10-6-12-34-32-8-2-4-14-38(32)44-40(30)34/h1-22,43-44H. The fraction of sp³-hybridized carbons (Fsp3) is 0. The van der Waals surface area contributed by atoms with Crippen LogP contribution in [0.4, 0.5) is 0 Å². The molecule has 4 heteroatoms. The molecule has 2 aromatic heterocycles. The third kappa shape index (κ3) is 3.98. The third-order valence-electron chi connectivity index (χ3n) is 8.53. The van der Waals surface area contributed by atoms with Crippen molar-refractivity contribution < 1.29 is 0 Å². The van der Waals surface area contributed by atoms with Gasteiger partial charge in [0.2, 0.25) is 0 Å². The van der Waals surface area contributed by atoms with Crippen LogP contribution in [-0.2, 0) is 0 Å². The molecule has 8 aromatic rings. The monoisotopic (exact) mass is 560 g/mol. The number of aromatic nitrogens is 2. The van der Waals surface area contributed by atoms with Crippen molar-refractivity contribution in [2.24, 2.45) is 0 Å². The molecule has 0 atom stereocenters. The molecular weight excluding hydrogens is 536 g/mol. The number of nitriles is 2. The Morgan fingerprint density at radius 2 is 0.795 bits per heavy atom. The molecule has 0 unspecified atom stereocenters. The number of fused-ring (bicyclic) bond motifs is 6. The van der Waals surface area contributed by atoms with E-state index >= 15 is 0 Å². The van der Waals surface area contributed by atoms with Crippen LogP contribution in [0.25, 0.3) is 77.0 Å². The molecule has 0 aliphatic carbocycles. The molecule has 2 heterocycles. The van der Waals surface area contributed by atoms with Crippen LogP contribution >= 0.6 is 0 Å². The number of hydrogen-bond donors (Lipinski definition) is 2. The number of aromatic amines is 2. The van der Waals surface area contributed by atoms with Crippen LogP contribution in [0.2, 0.25) is 0 Å². The van der Waals surface area contributed by atoms with E-state index < -0.39 is 0 Å². The zero-order chi connectivity index (χ0) is 29.6. The topological polar surface area (TPSA) is 79.2 Å². The lowest BCUT2D eigenvalue weighted by atomic mass is 9.93. The van der Waals surface area contributed by atoms with Gasteiger partial charge in [-0.1, -0.05) is 121 Å². The van der Waals surface area contributed by atoms with Crippen molar-refractivity contribution in [3.63, 3.8) is 0 Å². The van der Waals surface area contributed by atoms with Crippen molar-refractivity contribution in [1.29, 1.82) is 10.5 Å². The van der Waals surface area contributed by atoms with Gasteiger partial charge in [-0.25, -0.2) is 0 Å².